The number of methoxy groups -OCH3 is 2. The molecule has 0 unspecified atom stereocenters. The first kappa shape index (κ1) is 13.5. The average molecular weight is 275 g/mol. The minimum absolute atomic E-state index is 0.723. The first-order valence-electron chi connectivity index (χ1n) is 5.89. The number of hydrogen-bond acceptors (Lipinski definition) is 2. The molecule has 2 aromatic rings. The van der Waals surface area contributed by atoms with Crippen molar-refractivity contribution in [3.05, 3.63) is 58.6 Å². The van der Waals surface area contributed by atoms with E-state index in [2.05, 4.69) is 0 Å². The summed E-state index contributed by atoms with van der Waals surface area (Å²) < 4.78 is 10.5. The van der Waals surface area contributed by atoms with E-state index in [-0.39, 0.29) is 0 Å². The summed E-state index contributed by atoms with van der Waals surface area (Å²) in [5.74, 6) is 1.59. The number of benzene rings is 2. The first-order chi connectivity index (χ1) is 9.24. The Balaban J connectivity index is 2.34. The van der Waals surface area contributed by atoms with Crippen LogP contribution in [0, 0.1) is 0 Å². The summed E-state index contributed by atoms with van der Waals surface area (Å²) >= 11 is 6.12. The van der Waals surface area contributed by atoms with Gasteiger partial charge in [0.05, 0.1) is 14.2 Å². The Morgan fingerprint density at radius 1 is 0.895 bits per heavy atom. The average Bonchev–Trinajstić information content (AvgIpc) is 2.46. The van der Waals surface area contributed by atoms with Crippen molar-refractivity contribution < 1.29 is 9.47 Å². The first-order valence-corrected chi connectivity index (χ1v) is 6.27. The van der Waals surface area contributed by atoms with Crippen LogP contribution in [0.3, 0.4) is 0 Å². The van der Waals surface area contributed by atoms with Crippen molar-refractivity contribution in [2.24, 2.45) is 0 Å². The van der Waals surface area contributed by atoms with Crippen molar-refractivity contribution in [3.63, 3.8) is 0 Å². The third kappa shape index (κ3) is 3.30. The van der Waals surface area contributed by atoms with Crippen LogP contribution in [0.25, 0.3) is 12.2 Å². The van der Waals surface area contributed by atoms with E-state index in [0.717, 1.165) is 27.6 Å². The molecule has 0 spiro atoms. The highest BCUT2D eigenvalue weighted by Gasteiger charge is 2.02. The summed E-state index contributed by atoms with van der Waals surface area (Å²) in [6.07, 6.45) is 3.92. The van der Waals surface area contributed by atoms with Gasteiger partial charge in [0.15, 0.2) is 0 Å². The SMILES string of the molecule is COc1ccc(OC)c(/C=C/c2ccccc2Cl)c1. The molecule has 2 rings (SSSR count). The zero-order valence-corrected chi connectivity index (χ0v) is 11.6. The minimum Gasteiger partial charge on any atom is -0.497 e. The van der Waals surface area contributed by atoms with Gasteiger partial charge in [-0.05, 0) is 29.8 Å². The van der Waals surface area contributed by atoms with Gasteiger partial charge in [0, 0.05) is 10.6 Å². The maximum absolute atomic E-state index is 6.12. The van der Waals surface area contributed by atoms with Gasteiger partial charge in [-0.1, -0.05) is 42.0 Å². The topological polar surface area (TPSA) is 18.5 Å². The molecule has 0 saturated heterocycles. The second kappa shape index (κ2) is 6.30. The molecular formula is C16H15ClO2. The van der Waals surface area contributed by atoms with Crippen molar-refractivity contribution >= 4 is 23.8 Å². The lowest BCUT2D eigenvalue weighted by Crippen LogP contribution is -1.89. The minimum atomic E-state index is 0.723. The molecular weight excluding hydrogens is 260 g/mol. The molecule has 0 heterocycles. The summed E-state index contributed by atoms with van der Waals surface area (Å²) in [5.41, 5.74) is 1.91. The lowest BCUT2D eigenvalue weighted by Gasteiger charge is -2.07. The molecule has 2 aromatic carbocycles. The molecule has 98 valence electrons. The van der Waals surface area contributed by atoms with Crippen LogP contribution in [-0.4, -0.2) is 14.2 Å². The van der Waals surface area contributed by atoms with Crippen LogP contribution >= 0.6 is 11.6 Å². The molecule has 0 radical (unpaired) electrons. The highest BCUT2D eigenvalue weighted by Crippen LogP contribution is 2.26. The van der Waals surface area contributed by atoms with Crippen molar-refractivity contribution in [1.29, 1.82) is 0 Å². The van der Waals surface area contributed by atoms with Crippen LogP contribution in [0.2, 0.25) is 5.02 Å². The van der Waals surface area contributed by atoms with Gasteiger partial charge in [-0.2, -0.15) is 0 Å². The Morgan fingerprint density at radius 3 is 2.32 bits per heavy atom. The lowest BCUT2D eigenvalue weighted by molar-refractivity contribution is 0.402. The van der Waals surface area contributed by atoms with Crippen LogP contribution in [0.4, 0.5) is 0 Å². The lowest BCUT2D eigenvalue weighted by atomic mass is 10.1. The zero-order valence-electron chi connectivity index (χ0n) is 10.9. The second-order valence-electron chi connectivity index (χ2n) is 3.96. The van der Waals surface area contributed by atoms with E-state index in [1.54, 1.807) is 14.2 Å². The number of ether oxygens (including phenoxy) is 2. The molecule has 0 aliphatic carbocycles. The molecule has 19 heavy (non-hydrogen) atoms. The van der Waals surface area contributed by atoms with Crippen LogP contribution in [0.1, 0.15) is 11.1 Å². The summed E-state index contributed by atoms with van der Waals surface area (Å²) in [6.45, 7) is 0. The Bertz CT molecular complexity index is 591. The standard InChI is InChI=1S/C16H15ClO2/c1-18-14-9-10-16(19-2)13(11-14)8-7-12-5-3-4-6-15(12)17/h3-11H,1-2H3/b8-7+. The predicted octanol–water partition coefficient (Wildman–Crippen LogP) is 4.53. The monoisotopic (exact) mass is 274 g/mol. The molecule has 3 heteroatoms. The smallest absolute Gasteiger partial charge is 0.126 e. The molecule has 0 aromatic heterocycles. The van der Waals surface area contributed by atoms with Crippen LogP contribution in [-0.2, 0) is 0 Å². The number of rotatable bonds is 4. The molecule has 0 saturated carbocycles. The number of hydrogen-bond donors (Lipinski definition) is 0. The molecule has 0 fully saturated rings. The van der Waals surface area contributed by atoms with E-state index in [1.807, 2.05) is 54.6 Å². The summed E-state index contributed by atoms with van der Waals surface area (Å²) in [4.78, 5) is 0. The van der Waals surface area contributed by atoms with Gasteiger partial charge < -0.3 is 9.47 Å². The Labute approximate surface area is 118 Å². The van der Waals surface area contributed by atoms with Crippen molar-refractivity contribution in [3.8, 4) is 11.5 Å². The van der Waals surface area contributed by atoms with Crippen LogP contribution in [0.15, 0.2) is 42.5 Å². The van der Waals surface area contributed by atoms with Gasteiger partial charge in [-0.3, -0.25) is 0 Å². The molecule has 0 aliphatic heterocycles. The van der Waals surface area contributed by atoms with E-state index in [9.17, 15) is 0 Å². The van der Waals surface area contributed by atoms with E-state index in [0.29, 0.717) is 0 Å². The highest BCUT2D eigenvalue weighted by molar-refractivity contribution is 6.32. The maximum Gasteiger partial charge on any atom is 0.126 e. The summed E-state index contributed by atoms with van der Waals surface area (Å²) in [7, 11) is 3.29. The van der Waals surface area contributed by atoms with Crippen molar-refractivity contribution in [2.45, 2.75) is 0 Å². The summed E-state index contributed by atoms with van der Waals surface area (Å²) in [6, 6.07) is 13.4. The number of halogens is 1. The molecule has 0 bridgehead atoms. The van der Waals surface area contributed by atoms with Crippen LogP contribution in [0.5, 0.6) is 11.5 Å². The fourth-order valence-electron chi connectivity index (χ4n) is 1.76. The van der Waals surface area contributed by atoms with Crippen molar-refractivity contribution in [1.82, 2.24) is 0 Å². The Hall–Kier alpha value is -1.93. The molecule has 0 atom stereocenters. The fraction of sp³-hybridized carbons (Fsp3) is 0.125. The molecule has 0 aliphatic rings. The highest BCUT2D eigenvalue weighted by atomic mass is 35.5. The van der Waals surface area contributed by atoms with Gasteiger partial charge in [0.2, 0.25) is 0 Å². The third-order valence-electron chi connectivity index (χ3n) is 2.78. The predicted molar refractivity (Wildman–Crippen MR) is 79.9 cm³/mol. The molecule has 2 nitrogen and oxygen atoms in total. The molecule has 0 amide bonds. The van der Waals surface area contributed by atoms with Crippen LogP contribution < -0.4 is 9.47 Å². The van der Waals surface area contributed by atoms with Gasteiger partial charge in [0.1, 0.15) is 11.5 Å². The summed E-state index contributed by atoms with van der Waals surface area (Å²) in [5, 5.41) is 0.723. The second-order valence-corrected chi connectivity index (χ2v) is 4.37. The molecule has 0 N–H and O–H groups in total. The Morgan fingerprint density at radius 2 is 1.63 bits per heavy atom. The van der Waals surface area contributed by atoms with E-state index < -0.39 is 0 Å². The van der Waals surface area contributed by atoms with E-state index >= 15 is 0 Å². The van der Waals surface area contributed by atoms with Gasteiger partial charge in [-0.25, -0.2) is 0 Å². The maximum atomic E-state index is 6.12. The van der Waals surface area contributed by atoms with E-state index in [4.69, 9.17) is 21.1 Å². The third-order valence-corrected chi connectivity index (χ3v) is 3.13. The largest absolute Gasteiger partial charge is 0.497 e. The van der Waals surface area contributed by atoms with Gasteiger partial charge in [0.25, 0.3) is 0 Å². The Kier molecular flexibility index (Phi) is 4.48. The normalized spacial score (nSPS) is 10.7. The van der Waals surface area contributed by atoms with Crippen molar-refractivity contribution in [2.75, 3.05) is 14.2 Å². The fourth-order valence-corrected chi connectivity index (χ4v) is 1.96. The van der Waals surface area contributed by atoms with Gasteiger partial charge >= 0.3 is 0 Å². The van der Waals surface area contributed by atoms with E-state index in [1.165, 1.54) is 0 Å². The zero-order chi connectivity index (χ0) is 13.7. The van der Waals surface area contributed by atoms with Gasteiger partial charge in [-0.15, -0.1) is 0 Å². The quantitative estimate of drug-likeness (QED) is 0.763.